The molecule has 27 heavy (non-hydrogen) atoms. The first-order valence-electron chi connectivity index (χ1n) is 9.63. The van der Waals surface area contributed by atoms with Gasteiger partial charge in [0.2, 0.25) is 0 Å². The molecule has 142 valence electrons. The average Bonchev–Trinajstić information content (AvgIpc) is 3.23. The molecule has 0 radical (unpaired) electrons. The maximum atomic E-state index is 12.7. The molecule has 1 aliphatic rings. The molecule has 3 rings (SSSR count). The molecule has 1 saturated carbocycles. The summed E-state index contributed by atoms with van der Waals surface area (Å²) in [5.74, 6) is 0.288. The Balaban J connectivity index is 0.000000526. The Morgan fingerprint density at radius 1 is 1.15 bits per heavy atom. The van der Waals surface area contributed by atoms with Crippen LogP contribution in [-0.2, 0) is 6.42 Å². The Labute approximate surface area is 189 Å². The van der Waals surface area contributed by atoms with Gasteiger partial charge < -0.3 is 13.3 Å². The van der Waals surface area contributed by atoms with Crippen LogP contribution >= 0.6 is 0 Å². The zero-order valence-corrected chi connectivity index (χ0v) is 20.9. The van der Waals surface area contributed by atoms with Gasteiger partial charge in [-0.15, -0.1) is 5.92 Å². The second-order valence-electron chi connectivity index (χ2n) is 7.10. The smallest absolute Gasteiger partial charge is 0.336 e. The van der Waals surface area contributed by atoms with Crippen molar-refractivity contribution in [2.45, 2.75) is 51.9 Å². The average molecular weight is 589 g/mol. The second kappa shape index (κ2) is 12.6. The third-order valence-electron chi connectivity index (χ3n) is 4.95. The molecular weight excluding hydrogens is 557 g/mol. The molecule has 2 heteroatoms. The number of benzene rings is 2. The molecule has 0 amide bonds. The van der Waals surface area contributed by atoms with Crippen molar-refractivity contribution in [1.29, 1.82) is 0 Å². The summed E-state index contributed by atoms with van der Waals surface area (Å²) in [6.07, 6.45) is 10.3. The molecule has 1 aliphatic carbocycles. The molecule has 1 atom stereocenters. The Hall–Kier alpha value is -0.838. The second-order valence-corrected chi connectivity index (χ2v) is 7.10. The SMILES string of the molecule is C=Cc1cc(-c2ccc([C@@H]([CH2-])C)cc2)cc(C)c1CCF.[CH-]1CCCC1.[U+2]. The third-order valence-corrected chi connectivity index (χ3v) is 4.95. The molecule has 1 fully saturated rings. The van der Waals surface area contributed by atoms with Crippen LogP contribution in [0.15, 0.2) is 43.0 Å². The Kier molecular flexibility index (Phi) is 11.3. The normalized spacial score (nSPS) is 13.9. The van der Waals surface area contributed by atoms with Gasteiger partial charge in [-0.05, 0) is 40.8 Å². The van der Waals surface area contributed by atoms with Crippen LogP contribution in [0.1, 0.15) is 60.8 Å². The van der Waals surface area contributed by atoms with E-state index in [2.05, 4.69) is 63.2 Å². The molecule has 0 nitrogen and oxygen atoms in total. The van der Waals surface area contributed by atoms with E-state index in [4.69, 9.17) is 0 Å². The molecule has 0 aromatic heterocycles. The standard InChI is InChI=1S/C20H22F.C5H9.U/c1-5-16-13-19(12-15(4)20(16)10-11-21)18-8-6-17(7-9-18)14(2)3;1-2-4-5-3-1;/h5-9,12-14H,1-2,10-11H2,3-4H3;1H,2-5H2;/q2*-1;+2/t14-;;/m0../s1. The Bertz CT molecular complexity index is 689. The van der Waals surface area contributed by atoms with E-state index in [1.807, 2.05) is 13.0 Å². The van der Waals surface area contributed by atoms with Crippen molar-refractivity contribution >= 4 is 6.08 Å². The number of halogens is 1. The first-order valence-corrected chi connectivity index (χ1v) is 9.63. The molecule has 0 unspecified atom stereocenters. The molecule has 0 aliphatic heterocycles. The van der Waals surface area contributed by atoms with Crippen LogP contribution in [-0.4, -0.2) is 6.67 Å². The van der Waals surface area contributed by atoms with Gasteiger partial charge in [0.25, 0.3) is 0 Å². The molecular formula is C25H31FU. The minimum atomic E-state index is -0.336. The van der Waals surface area contributed by atoms with Crippen LogP contribution < -0.4 is 0 Å². The number of hydrogen-bond acceptors (Lipinski definition) is 0. The van der Waals surface area contributed by atoms with Gasteiger partial charge in [0.1, 0.15) is 0 Å². The molecule has 0 saturated heterocycles. The van der Waals surface area contributed by atoms with Gasteiger partial charge >= 0.3 is 31.1 Å². The van der Waals surface area contributed by atoms with Gasteiger partial charge in [0.15, 0.2) is 0 Å². The monoisotopic (exact) mass is 588 g/mol. The topological polar surface area (TPSA) is 0 Å². The van der Waals surface area contributed by atoms with Crippen molar-refractivity contribution < 1.29 is 35.5 Å². The predicted octanol–water partition coefficient (Wildman–Crippen LogP) is 7.52. The summed E-state index contributed by atoms with van der Waals surface area (Å²) in [7, 11) is 0. The van der Waals surface area contributed by atoms with E-state index >= 15 is 0 Å². The van der Waals surface area contributed by atoms with Crippen LogP contribution in [0.25, 0.3) is 17.2 Å². The van der Waals surface area contributed by atoms with Crippen molar-refractivity contribution in [3.8, 4) is 11.1 Å². The number of rotatable bonds is 5. The van der Waals surface area contributed by atoms with Crippen LogP contribution in [0.5, 0.6) is 0 Å². The largest absolute Gasteiger partial charge is 2.00 e. The predicted molar refractivity (Wildman–Crippen MR) is 113 cm³/mol. The molecule has 0 heterocycles. The molecule has 2 aromatic carbocycles. The summed E-state index contributed by atoms with van der Waals surface area (Å²) in [4.78, 5) is 0. The van der Waals surface area contributed by atoms with Gasteiger partial charge in [-0.1, -0.05) is 68.3 Å². The summed E-state index contributed by atoms with van der Waals surface area (Å²) < 4.78 is 12.7. The van der Waals surface area contributed by atoms with Crippen molar-refractivity contribution in [3.63, 3.8) is 0 Å². The number of alkyl halides is 1. The van der Waals surface area contributed by atoms with E-state index in [0.29, 0.717) is 6.42 Å². The first-order chi connectivity index (χ1) is 12.6. The zero-order chi connectivity index (χ0) is 18.9. The minimum Gasteiger partial charge on any atom is -0.336 e. The Morgan fingerprint density at radius 3 is 2.22 bits per heavy atom. The van der Waals surface area contributed by atoms with E-state index in [1.54, 1.807) is 0 Å². The van der Waals surface area contributed by atoms with E-state index < -0.39 is 0 Å². The molecule has 2 aromatic rings. The summed E-state index contributed by atoms with van der Waals surface area (Å²) in [5, 5.41) is 0. The molecule has 0 spiro atoms. The molecule has 0 bridgehead atoms. The van der Waals surface area contributed by atoms with Crippen LogP contribution in [0.2, 0.25) is 0 Å². The van der Waals surface area contributed by atoms with Gasteiger partial charge in [0, 0.05) is 6.42 Å². The van der Waals surface area contributed by atoms with Crippen molar-refractivity contribution in [2.75, 3.05) is 6.67 Å². The van der Waals surface area contributed by atoms with Crippen molar-refractivity contribution in [1.82, 2.24) is 0 Å². The van der Waals surface area contributed by atoms with E-state index in [1.165, 1.54) is 31.2 Å². The molecule has 0 N–H and O–H groups in total. The van der Waals surface area contributed by atoms with Gasteiger partial charge in [-0.2, -0.15) is 12.8 Å². The summed E-state index contributed by atoms with van der Waals surface area (Å²) in [5.41, 5.74) is 6.74. The fraction of sp³-hybridized carbons (Fsp3) is 0.360. The van der Waals surface area contributed by atoms with E-state index in [0.717, 1.165) is 27.8 Å². The van der Waals surface area contributed by atoms with Crippen LogP contribution in [0, 0.1) is 51.4 Å². The van der Waals surface area contributed by atoms with Gasteiger partial charge in [-0.25, -0.2) is 0 Å². The van der Waals surface area contributed by atoms with Crippen LogP contribution in [0.4, 0.5) is 4.39 Å². The van der Waals surface area contributed by atoms with Crippen molar-refractivity contribution in [2.24, 2.45) is 0 Å². The van der Waals surface area contributed by atoms with Gasteiger partial charge in [-0.3, -0.25) is 4.39 Å². The maximum Gasteiger partial charge on any atom is 2.00 e. The van der Waals surface area contributed by atoms with E-state index in [9.17, 15) is 4.39 Å². The van der Waals surface area contributed by atoms with E-state index in [-0.39, 0.29) is 43.7 Å². The summed E-state index contributed by atoms with van der Waals surface area (Å²) in [6.45, 7) is 11.7. The minimum absolute atomic E-state index is 0. The van der Waals surface area contributed by atoms with Crippen LogP contribution in [0.3, 0.4) is 0 Å². The number of hydrogen-bond donors (Lipinski definition) is 0. The Morgan fingerprint density at radius 2 is 1.78 bits per heavy atom. The quantitative estimate of drug-likeness (QED) is 0.317. The number of aryl methyl sites for hydroxylation is 1. The summed E-state index contributed by atoms with van der Waals surface area (Å²) >= 11 is 0. The summed E-state index contributed by atoms with van der Waals surface area (Å²) in [6, 6.07) is 12.7. The maximum absolute atomic E-state index is 12.7. The first kappa shape index (κ1) is 24.2. The fourth-order valence-electron chi connectivity index (χ4n) is 3.35. The van der Waals surface area contributed by atoms with Crippen molar-refractivity contribution in [3.05, 3.63) is 78.6 Å². The third kappa shape index (κ3) is 7.25. The fourth-order valence-corrected chi connectivity index (χ4v) is 3.35. The van der Waals surface area contributed by atoms with Gasteiger partial charge in [0.05, 0.1) is 6.67 Å². The zero-order valence-electron chi connectivity index (χ0n) is 16.7.